The van der Waals surface area contributed by atoms with Crippen LogP contribution in [0.1, 0.15) is 44.6 Å². The van der Waals surface area contributed by atoms with E-state index in [2.05, 4.69) is 57.7 Å². The van der Waals surface area contributed by atoms with Crippen molar-refractivity contribution in [3.8, 4) is 5.75 Å². The molecule has 0 aromatic heterocycles. The van der Waals surface area contributed by atoms with E-state index in [0.29, 0.717) is 23.9 Å². The van der Waals surface area contributed by atoms with Crippen LogP contribution in [0.5, 0.6) is 5.75 Å². The van der Waals surface area contributed by atoms with Gasteiger partial charge in [-0.15, -0.1) is 0 Å². The summed E-state index contributed by atoms with van der Waals surface area (Å²) in [7, 11) is 1.58. The van der Waals surface area contributed by atoms with Crippen LogP contribution in [-0.2, 0) is 25.7 Å². The van der Waals surface area contributed by atoms with Crippen molar-refractivity contribution in [2.24, 2.45) is 17.8 Å². The second-order valence-corrected chi connectivity index (χ2v) is 14.3. The van der Waals surface area contributed by atoms with Gasteiger partial charge < -0.3 is 29.9 Å². The van der Waals surface area contributed by atoms with Crippen molar-refractivity contribution in [1.29, 1.82) is 0 Å². The smallest absolute Gasteiger partial charge is 0.246 e. The molecule has 1 saturated carbocycles. The number of ether oxygens (including phenoxy) is 2. The van der Waals surface area contributed by atoms with Crippen LogP contribution in [0.3, 0.4) is 0 Å². The highest BCUT2D eigenvalue weighted by Crippen LogP contribution is 2.55. The van der Waals surface area contributed by atoms with Gasteiger partial charge >= 0.3 is 0 Å². The van der Waals surface area contributed by atoms with Crippen LogP contribution in [0.4, 0.5) is 5.69 Å². The lowest BCUT2D eigenvalue weighted by Gasteiger charge is -2.37. The average molecular weight is 656 g/mol. The van der Waals surface area contributed by atoms with Gasteiger partial charge in [-0.25, -0.2) is 0 Å². The monoisotopic (exact) mass is 655 g/mol. The van der Waals surface area contributed by atoms with Gasteiger partial charge in [0.1, 0.15) is 17.4 Å². The molecule has 2 aromatic carbocycles. The van der Waals surface area contributed by atoms with Crippen LogP contribution in [0.15, 0.2) is 66.7 Å². The summed E-state index contributed by atoms with van der Waals surface area (Å²) in [5.74, 6) is -1.12. The first-order valence-corrected chi connectivity index (χ1v) is 17.8. The number of nitrogens with zero attached hydrogens (tertiary/aromatic N) is 3. The van der Waals surface area contributed by atoms with E-state index in [1.165, 1.54) is 12.0 Å². The van der Waals surface area contributed by atoms with Gasteiger partial charge in [0.2, 0.25) is 17.7 Å². The third-order valence-electron chi connectivity index (χ3n) is 11.3. The summed E-state index contributed by atoms with van der Waals surface area (Å²) < 4.78 is 11.9. The van der Waals surface area contributed by atoms with Gasteiger partial charge in [0.05, 0.1) is 25.0 Å². The van der Waals surface area contributed by atoms with E-state index in [1.54, 1.807) is 24.1 Å². The van der Waals surface area contributed by atoms with Crippen LogP contribution in [0.2, 0.25) is 0 Å². The number of anilines is 1. The second-order valence-electron chi connectivity index (χ2n) is 14.3. The highest BCUT2D eigenvalue weighted by Gasteiger charge is 2.72. The molecule has 3 amide bonds. The van der Waals surface area contributed by atoms with Crippen molar-refractivity contribution in [3.63, 3.8) is 0 Å². The fourth-order valence-electron chi connectivity index (χ4n) is 8.70. The third kappa shape index (κ3) is 6.37. The molecule has 48 heavy (non-hydrogen) atoms. The fraction of sp³-hybridized carbons (Fsp3) is 0.553. The van der Waals surface area contributed by atoms with E-state index in [0.717, 1.165) is 65.0 Å². The Balaban J connectivity index is 1.05. The van der Waals surface area contributed by atoms with Crippen molar-refractivity contribution in [3.05, 3.63) is 72.3 Å². The minimum Gasteiger partial charge on any atom is -0.497 e. The van der Waals surface area contributed by atoms with E-state index >= 15 is 0 Å². The average Bonchev–Trinajstić information content (AvgIpc) is 3.74. The molecule has 2 aromatic rings. The van der Waals surface area contributed by atoms with Crippen molar-refractivity contribution in [2.75, 3.05) is 51.7 Å². The summed E-state index contributed by atoms with van der Waals surface area (Å²) >= 11 is 0. The number of amides is 3. The molecule has 1 spiro atoms. The van der Waals surface area contributed by atoms with Gasteiger partial charge in [0.15, 0.2) is 0 Å². The summed E-state index contributed by atoms with van der Waals surface area (Å²) in [5.41, 5.74) is 0.756. The number of rotatable bonds is 11. The van der Waals surface area contributed by atoms with Gasteiger partial charge in [-0.05, 0) is 49.4 Å². The molecule has 256 valence electrons. The third-order valence-corrected chi connectivity index (χ3v) is 11.3. The second kappa shape index (κ2) is 14.0. The summed E-state index contributed by atoms with van der Waals surface area (Å²) in [4.78, 5) is 49.2. The summed E-state index contributed by atoms with van der Waals surface area (Å²) in [5, 5.41) is 6.33. The maximum atomic E-state index is 14.4. The molecule has 4 fully saturated rings. The lowest BCUT2D eigenvalue weighted by Crippen LogP contribution is -2.57. The largest absolute Gasteiger partial charge is 0.497 e. The zero-order chi connectivity index (χ0) is 33.3. The predicted molar refractivity (Wildman–Crippen MR) is 183 cm³/mol. The van der Waals surface area contributed by atoms with E-state index in [-0.39, 0.29) is 23.8 Å². The zero-order valence-corrected chi connectivity index (χ0v) is 28.2. The molecule has 10 heteroatoms. The molecule has 5 aliphatic rings. The molecule has 4 heterocycles. The summed E-state index contributed by atoms with van der Waals surface area (Å²) in [6.45, 7) is 8.36. The standard InChI is InChI=1S/C38H49N5O5/c1-26-10-6-7-15-30(26)40-36(45)34-38-17-16-31(48-38)32(35(44)39-28-13-8-14-29(24-28)47-2)33(38)37(46)43(34)19-9-18-41-20-22-42(23-21-41)25-27-11-4-3-5-12-27/h3-5,8,11-14,16-17,24,26,30-34H,6-7,9-10,15,18-23,25H2,1-2H3,(H,39,44)(H,40,45)/t26-,30+,31-,32+,33-,34-,38-/m0/s1. The number of piperazine rings is 1. The lowest BCUT2D eigenvalue weighted by atomic mass is 9.74. The number of nitrogens with one attached hydrogen (secondary N) is 2. The Morgan fingerprint density at radius 1 is 0.958 bits per heavy atom. The molecule has 4 aliphatic heterocycles. The van der Waals surface area contributed by atoms with Crippen molar-refractivity contribution in [1.82, 2.24) is 20.0 Å². The van der Waals surface area contributed by atoms with E-state index in [4.69, 9.17) is 9.47 Å². The topological polar surface area (TPSA) is 103 Å². The van der Waals surface area contributed by atoms with Crippen LogP contribution in [0, 0.1) is 17.8 Å². The number of benzene rings is 2. The van der Waals surface area contributed by atoms with Gasteiger partial charge in [-0.3, -0.25) is 19.3 Å². The van der Waals surface area contributed by atoms with Crippen molar-refractivity contribution in [2.45, 2.75) is 69.4 Å². The highest BCUT2D eigenvalue weighted by atomic mass is 16.5. The molecule has 10 nitrogen and oxygen atoms in total. The van der Waals surface area contributed by atoms with E-state index < -0.39 is 29.6 Å². The Morgan fingerprint density at radius 3 is 2.50 bits per heavy atom. The van der Waals surface area contributed by atoms with Crippen LogP contribution in [0.25, 0.3) is 0 Å². The number of methoxy groups -OCH3 is 1. The van der Waals surface area contributed by atoms with Gasteiger partial charge in [-0.2, -0.15) is 0 Å². The van der Waals surface area contributed by atoms with Gasteiger partial charge in [-0.1, -0.05) is 68.3 Å². The molecule has 3 saturated heterocycles. The summed E-state index contributed by atoms with van der Waals surface area (Å²) in [6.07, 6.45) is 8.22. The maximum absolute atomic E-state index is 14.4. The number of hydrogen-bond acceptors (Lipinski definition) is 7. The van der Waals surface area contributed by atoms with Crippen LogP contribution >= 0.6 is 0 Å². The molecule has 1 aliphatic carbocycles. The van der Waals surface area contributed by atoms with Crippen molar-refractivity contribution < 1.29 is 23.9 Å². The predicted octanol–water partition coefficient (Wildman–Crippen LogP) is 3.69. The first-order valence-electron chi connectivity index (χ1n) is 17.8. The molecular weight excluding hydrogens is 606 g/mol. The Morgan fingerprint density at radius 2 is 1.73 bits per heavy atom. The normalized spacial score (nSPS) is 31.5. The Bertz CT molecular complexity index is 1510. The van der Waals surface area contributed by atoms with Gasteiger partial charge in [0, 0.05) is 57.1 Å². The number of fused-ring (bicyclic) bond motifs is 1. The Hall–Kier alpha value is -3.73. The molecular formula is C38H49N5O5. The minimum atomic E-state index is -1.16. The first-order chi connectivity index (χ1) is 23.4. The molecule has 7 rings (SSSR count). The molecule has 7 atom stereocenters. The quantitative estimate of drug-likeness (QED) is 0.356. The summed E-state index contributed by atoms with van der Waals surface area (Å²) in [6, 6.07) is 17.0. The number of carbonyl (C=O) groups excluding carboxylic acids is 3. The SMILES string of the molecule is COc1cccc(NC(=O)[C@@H]2[C@@H]3C=C[C@]4(O3)[C@@H]2C(=O)N(CCCN2CCN(Cc3ccccc3)CC2)[C@H]4C(=O)N[C@@H]2CCCC[C@@H]2C)c1. The van der Waals surface area contributed by atoms with Gasteiger partial charge in [0.25, 0.3) is 0 Å². The fourth-order valence-corrected chi connectivity index (χ4v) is 8.70. The number of carbonyl (C=O) groups is 3. The molecule has 2 N–H and O–H groups in total. The lowest BCUT2D eigenvalue weighted by molar-refractivity contribution is -0.141. The molecule has 0 radical (unpaired) electrons. The molecule has 2 bridgehead atoms. The number of likely N-dealkylation sites (tertiary alicyclic amines) is 1. The van der Waals surface area contributed by atoms with Crippen LogP contribution in [-0.4, -0.2) is 103 Å². The maximum Gasteiger partial charge on any atom is 0.246 e. The van der Waals surface area contributed by atoms with Crippen LogP contribution < -0.4 is 15.4 Å². The van der Waals surface area contributed by atoms with E-state index in [1.807, 2.05) is 24.3 Å². The van der Waals surface area contributed by atoms with Crippen molar-refractivity contribution >= 4 is 23.4 Å². The highest BCUT2D eigenvalue weighted by molar-refractivity contribution is 6.02. The molecule has 0 unspecified atom stereocenters. The first kappa shape index (κ1) is 32.8. The minimum absolute atomic E-state index is 0.0700. The Labute approximate surface area is 283 Å². The van der Waals surface area contributed by atoms with E-state index in [9.17, 15) is 14.4 Å². The zero-order valence-electron chi connectivity index (χ0n) is 28.2. The Kier molecular flexibility index (Phi) is 9.58. The number of hydrogen-bond donors (Lipinski definition) is 2.